The Hall–Kier alpha value is -0.160. The second kappa shape index (κ2) is 6.53. The third kappa shape index (κ3) is 4.65. The van der Waals surface area contributed by atoms with Gasteiger partial charge in [0.2, 0.25) is 0 Å². The van der Waals surface area contributed by atoms with Crippen molar-refractivity contribution in [2.75, 3.05) is 32.8 Å². The molecule has 2 bridgehead atoms. The fourth-order valence-corrected chi connectivity index (χ4v) is 4.09. The van der Waals surface area contributed by atoms with Crippen molar-refractivity contribution in [1.29, 1.82) is 0 Å². The van der Waals surface area contributed by atoms with Crippen LogP contribution in [0.15, 0.2) is 0 Å². The summed E-state index contributed by atoms with van der Waals surface area (Å²) in [4.78, 5) is 5.29. The summed E-state index contributed by atoms with van der Waals surface area (Å²) in [7, 11) is 0. The molecule has 2 saturated heterocycles. The highest BCUT2D eigenvalue weighted by molar-refractivity contribution is 4.92. The Kier molecular flexibility index (Phi) is 5.35. The van der Waals surface area contributed by atoms with Gasteiger partial charge in [-0.15, -0.1) is 0 Å². The van der Waals surface area contributed by atoms with Crippen LogP contribution < -0.4 is 10.6 Å². The van der Waals surface area contributed by atoms with Crippen LogP contribution in [0, 0.1) is 0 Å². The lowest BCUT2D eigenvalue weighted by molar-refractivity contribution is -0.0379. The predicted octanol–water partition coefficient (Wildman–Crippen LogP) is 1.87. The fourth-order valence-electron chi connectivity index (χ4n) is 4.09. The van der Waals surface area contributed by atoms with E-state index in [1.54, 1.807) is 0 Å². The molecule has 0 aromatic heterocycles. The van der Waals surface area contributed by atoms with Crippen molar-refractivity contribution in [2.45, 2.75) is 77.5 Å². The Bertz CT molecular complexity index is 340. The molecule has 2 aliphatic heterocycles. The van der Waals surface area contributed by atoms with Crippen LogP contribution in [0.4, 0.5) is 0 Å². The first-order chi connectivity index (χ1) is 9.70. The van der Waals surface area contributed by atoms with Gasteiger partial charge in [-0.2, -0.15) is 0 Å². The molecule has 0 amide bonds. The van der Waals surface area contributed by atoms with Gasteiger partial charge in [0.25, 0.3) is 0 Å². The zero-order valence-corrected chi connectivity index (χ0v) is 15.0. The zero-order valence-electron chi connectivity index (χ0n) is 15.0. The smallest absolute Gasteiger partial charge is 0.0514 e. The summed E-state index contributed by atoms with van der Waals surface area (Å²) in [5.41, 5.74) is 0.529. The summed E-state index contributed by atoms with van der Waals surface area (Å²) in [5.74, 6) is 0. The van der Waals surface area contributed by atoms with Crippen molar-refractivity contribution >= 4 is 0 Å². The first-order valence-electron chi connectivity index (χ1n) is 8.67. The number of hydrogen-bond acceptors (Lipinski definition) is 4. The standard InChI is InChI=1S/C17H36N4/c1-14-11-16(3,4)19-8-9-20-13-21(10-7-18-14)17(5,6)12-15(20)2/h14-15,18-19H,7-13H2,1-6H3. The summed E-state index contributed by atoms with van der Waals surface area (Å²) >= 11 is 0. The van der Waals surface area contributed by atoms with E-state index in [0.717, 1.165) is 32.8 Å². The van der Waals surface area contributed by atoms with Crippen molar-refractivity contribution in [3.05, 3.63) is 0 Å². The number of fused-ring (bicyclic) bond motifs is 2. The molecule has 2 aliphatic rings. The topological polar surface area (TPSA) is 30.5 Å². The predicted molar refractivity (Wildman–Crippen MR) is 90.6 cm³/mol. The van der Waals surface area contributed by atoms with Crippen LogP contribution in [0.5, 0.6) is 0 Å². The van der Waals surface area contributed by atoms with Gasteiger partial charge in [-0.3, -0.25) is 9.80 Å². The van der Waals surface area contributed by atoms with Crippen LogP contribution in [-0.4, -0.2) is 65.8 Å². The molecule has 21 heavy (non-hydrogen) atoms. The quantitative estimate of drug-likeness (QED) is 0.714. The van der Waals surface area contributed by atoms with E-state index in [9.17, 15) is 0 Å². The van der Waals surface area contributed by atoms with Gasteiger partial charge in [0.15, 0.2) is 0 Å². The molecule has 2 rings (SSSR count). The summed E-state index contributed by atoms with van der Waals surface area (Å²) in [5, 5.41) is 7.46. The van der Waals surface area contributed by atoms with Crippen molar-refractivity contribution in [3.63, 3.8) is 0 Å². The molecule has 4 atom stereocenters. The normalized spacial score (nSPS) is 40.9. The molecule has 4 nitrogen and oxygen atoms in total. The molecular formula is C17H36N4. The molecular weight excluding hydrogens is 260 g/mol. The minimum absolute atomic E-state index is 0.212. The van der Waals surface area contributed by atoms with E-state index in [0.29, 0.717) is 17.6 Å². The molecule has 4 unspecified atom stereocenters. The van der Waals surface area contributed by atoms with E-state index in [1.807, 2.05) is 0 Å². The maximum atomic E-state index is 3.75. The average Bonchev–Trinajstić information content (AvgIpc) is 2.31. The molecule has 0 aliphatic carbocycles. The third-order valence-electron chi connectivity index (χ3n) is 5.32. The highest BCUT2D eigenvalue weighted by atomic mass is 15.4. The van der Waals surface area contributed by atoms with Crippen LogP contribution >= 0.6 is 0 Å². The van der Waals surface area contributed by atoms with E-state index >= 15 is 0 Å². The Morgan fingerprint density at radius 2 is 1.67 bits per heavy atom. The van der Waals surface area contributed by atoms with Crippen LogP contribution in [0.25, 0.3) is 0 Å². The lowest BCUT2D eigenvalue weighted by Gasteiger charge is -2.51. The summed E-state index contributed by atoms with van der Waals surface area (Å²) < 4.78 is 0. The number of nitrogens with zero attached hydrogens (tertiary/aromatic N) is 2. The van der Waals surface area contributed by atoms with E-state index < -0.39 is 0 Å². The number of nitrogens with one attached hydrogen (secondary N) is 2. The van der Waals surface area contributed by atoms with Gasteiger partial charge in [0.1, 0.15) is 0 Å². The molecule has 2 fully saturated rings. The van der Waals surface area contributed by atoms with E-state index in [-0.39, 0.29) is 5.54 Å². The summed E-state index contributed by atoms with van der Waals surface area (Å²) in [6.07, 6.45) is 2.43. The number of hydrogen-bond donors (Lipinski definition) is 2. The number of rotatable bonds is 0. The molecule has 0 saturated carbocycles. The molecule has 2 N–H and O–H groups in total. The van der Waals surface area contributed by atoms with Crippen LogP contribution in [-0.2, 0) is 0 Å². The maximum absolute atomic E-state index is 3.75. The van der Waals surface area contributed by atoms with Crippen LogP contribution in [0.3, 0.4) is 0 Å². The van der Waals surface area contributed by atoms with Crippen LogP contribution in [0.1, 0.15) is 54.4 Å². The van der Waals surface area contributed by atoms with Gasteiger partial charge < -0.3 is 10.6 Å². The SMILES string of the molecule is CC1CC(C)(C)NCCN2CN(CCN1)C(C)(C)CC2C. The van der Waals surface area contributed by atoms with Crippen molar-refractivity contribution in [3.8, 4) is 0 Å². The highest BCUT2D eigenvalue weighted by Gasteiger charge is 2.36. The molecule has 0 aromatic rings. The first kappa shape index (κ1) is 17.2. The molecule has 0 aromatic carbocycles. The van der Waals surface area contributed by atoms with Gasteiger partial charge in [-0.1, -0.05) is 0 Å². The largest absolute Gasteiger partial charge is 0.313 e. The Balaban J connectivity index is 2.06. The third-order valence-corrected chi connectivity index (χ3v) is 5.32. The minimum Gasteiger partial charge on any atom is -0.313 e. The molecule has 124 valence electrons. The lowest BCUT2D eigenvalue weighted by atomic mass is 9.90. The van der Waals surface area contributed by atoms with Gasteiger partial charge >= 0.3 is 0 Å². The van der Waals surface area contributed by atoms with Gasteiger partial charge in [0, 0.05) is 49.3 Å². The second-order valence-electron chi connectivity index (χ2n) is 8.45. The van der Waals surface area contributed by atoms with E-state index in [1.165, 1.54) is 12.8 Å². The Morgan fingerprint density at radius 3 is 2.38 bits per heavy atom. The van der Waals surface area contributed by atoms with Gasteiger partial charge in [0.05, 0.1) is 6.67 Å². The minimum atomic E-state index is 0.212. The Morgan fingerprint density at radius 1 is 0.952 bits per heavy atom. The second-order valence-corrected chi connectivity index (χ2v) is 8.45. The lowest BCUT2D eigenvalue weighted by Crippen LogP contribution is -2.62. The molecule has 0 spiro atoms. The van der Waals surface area contributed by atoms with Gasteiger partial charge in [-0.05, 0) is 54.4 Å². The maximum Gasteiger partial charge on any atom is 0.0514 e. The fraction of sp³-hybridized carbons (Fsp3) is 1.00. The van der Waals surface area contributed by atoms with Crippen molar-refractivity contribution in [2.24, 2.45) is 0 Å². The van der Waals surface area contributed by atoms with Crippen molar-refractivity contribution < 1.29 is 0 Å². The monoisotopic (exact) mass is 296 g/mol. The Labute approximate surface area is 131 Å². The van der Waals surface area contributed by atoms with E-state index in [2.05, 4.69) is 62.0 Å². The zero-order chi connectivity index (χ0) is 15.7. The van der Waals surface area contributed by atoms with E-state index in [4.69, 9.17) is 0 Å². The molecule has 2 heterocycles. The molecule has 0 radical (unpaired) electrons. The van der Waals surface area contributed by atoms with Crippen LogP contribution in [0.2, 0.25) is 0 Å². The highest BCUT2D eigenvalue weighted by Crippen LogP contribution is 2.28. The average molecular weight is 297 g/mol. The van der Waals surface area contributed by atoms with Crippen molar-refractivity contribution in [1.82, 2.24) is 20.4 Å². The summed E-state index contributed by atoms with van der Waals surface area (Å²) in [6.45, 7) is 19.7. The molecule has 4 heteroatoms. The first-order valence-corrected chi connectivity index (χ1v) is 8.67. The summed E-state index contributed by atoms with van der Waals surface area (Å²) in [6, 6.07) is 1.24. The van der Waals surface area contributed by atoms with Gasteiger partial charge in [-0.25, -0.2) is 0 Å².